The molecule has 5 nitrogen and oxygen atoms in total. The molecule has 0 saturated heterocycles. The molecule has 2 heterocycles. The number of carbonyl (C=O) groups excluding carboxylic acids is 2. The Hall–Kier alpha value is -2.18. The molecule has 0 bridgehead atoms. The molecule has 0 aliphatic carbocycles. The predicted octanol–water partition coefficient (Wildman–Crippen LogP) is 3.66. The highest BCUT2D eigenvalue weighted by Crippen LogP contribution is 2.43. The van der Waals surface area contributed by atoms with Gasteiger partial charge in [-0.25, -0.2) is 0 Å². The summed E-state index contributed by atoms with van der Waals surface area (Å²) >= 11 is 3.37. The number of benzene rings is 1. The monoisotopic (exact) mass is 403 g/mol. The van der Waals surface area contributed by atoms with Gasteiger partial charge in [0, 0.05) is 16.6 Å². The van der Waals surface area contributed by atoms with E-state index in [0.717, 1.165) is 10.9 Å². The van der Waals surface area contributed by atoms with Crippen molar-refractivity contribution in [1.29, 1.82) is 0 Å². The molecular weight excluding hydrogens is 386 g/mol. The molecule has 1 aromatic heterocycles. The van der Waals surface area contributed by atoms with Crippen molar-refractivity contribution >= 4 is 39.4 Å². The Labute approximate surface area is 154 Å². The quantitative estimate of drug-likeness (QED) is 0.747. The van der Waals surface area contributed by atoms with E-state index >= 15 is 0 Å². The van der Waals surface area contributed by atoms with Gasteiger partial charge in [-0.05, 0) is 48.9 Å². The van der Waals surface area contributed by atoms with Gasteiger partial charge >= 0.3 is 0 Å². The van der Waals surface area contributed by atoms with Gasteiger partial charge in [-0.15, -0.1) is 0 Å². The Morgan fingerprint density at radius 1 is 1.40 bits per heavy atom. The van der Waals surface area contributed by atoms with Crippen molar-refractivity contribution in [2.75, 3.05) is 11.4 Å². The van der Waals surface area contributed by atoms with E-state index in [1.54, 1.807) is 29.2 Å². The van der Waals surface area contributed by atoms with E-state index in [1.807, 2.05) is 13.0 Å². The molecule has 0 fully saturated rings. The van der Waals surface area contributed by atoms with E-state index in [0.29, 0.717) is 23.6 Å². The van der Waals surface area contributed by atoms with Crippen molar-refractivity contribution in [3.8, 4) is 0 Å². The van der Waals surface area contributed by atoms with Crippen LogP contribution >= 0.6 is 15.9 Å². The number of aliphatic hydroxyl groups is 1. The number of fused-ring (bicyclic) bond motifs is 1. The molecule has 1 atom stereocenters. The summed E-state index contributed by atoms with van der Waals surface area (Å²) in [6.45, 7) is 2.45. The van der Waals surface area contributed by atoms with E-state index in [1.165, 1.54) is 18.4 Å². The van der Waals surface area contributed by atoms with Gasteiger partial charge in [0.05, 0.1) is 18.4 Å². The van der Waals surface area contributed by atoms with Crippen LogP contribution in [-0.2, 0) is 15.2 Å². The highest BCUT2D eigenvalue weighted by molar-refractivity contribution is 9.10. The van der Waals surface area contributed by atoms with Crippen molar-refractivity contribution in [3.63, 3.8) is 0 Å². The summed E-state index contributed by atoms with van der Waals surface area (Å²) < 4.78 is 5.88. The number of anilines is 1. The molecule has 2 aromatic rings. The number of hydrogen-bond donors (Lipinski definition) is 1. The lowest BCUT2D eigenvalue weighted by Gasteiger charge is -2.22. The first-order chi connectivity index (χ1) is 12.0. The molecule has 0 saturated carbocycles. The second kappa shape index (κ2) is 6.98. The number of hydrogen-bond acceptors (Lipinski definition) is 4. The van der Waals surface area contributed by atoms with Crippen molar-refractivity contribution in [2.45, 2.75) is 25.4 Å². The summed E-state index contributed by atoms with van der Waals surface area (Å²) in [6.07, 6.45) is 4.80. The number of amides is 1. The van der Waals surface area contributed by atoms with Crippen molar-refractivity contribution in [1.82, 2.24) is 0 Å². The van der Waals surface area contributed by atoms with Gasteiger partial charge in [0.1, 0.15) is 5.76 Å². The minimum atomic E-state index is -1.85. The van der Waals surface area contributed by atoms with Crippen LogP contribution in [0.1, 0.15) is 31.1 Å². The lowest BCUT2D eigenvalue weighted by Crippen LogP contribution is -2.41. The SMILES string of the molecule is CCCN1C(=O)C(O)(CC(=O)/C=C/c2ccco2)c2cc(Br)ccc21. The average molecular weight is 404 g/mol. The molecule has 3 rings (SSSR count). The van der Waals surface area contributed by atoms with Crippen LogP contribution in [-0.4, -0.2) is 23.3 Å². The summed E-state index contributed by atoms with van der Waals surface area (Å²) in [4.78, 5) is 26.7. The van der Waals surface area contributed by atoms with Crippen LogP contribution in [0.15, 0.2) is 51.6 Å². The standard InChI is InChI=1S/C19H18BrNO4/c1-2-9-21-17-8-5-13(20)11-16(17)19(24,18(21)23)12-14(22)6-7-15-4-3-10-25-15/h3-8,10-11,24H,2,9,12H2,1H3/b7-6+. The fourth-order valence-corrected chi connectivity index (χ4v) is 3.37. The third-order valence-electron chi connectivity index (χ3n) is 4.15. The van der Waals surface area contributed by atoms with Crippen LogP contribution in [0, 0.1) is 0 Å². The maximum atomic E-state index is 12.8. The van der Waals surface area contributed by atoms with Crippen LogP contribution < -0.4 is 4.90 Å². The molecular formula is C19H18BrNO4. The normalized spacial score (nSPS) is 19.6. The summed E-state index contributed by atoms with van der Waals surface area (Å²) in [5, 5.41) is 11.1. The molecule has 0 radical (unpaired) electrons. The fraction of sp³-hybridized carbons (Fsp3) is 0.263. The summed E-state index contributed by atoms with van der Waals surface area (Å²) in [5.74, 6) is -0.271. The Morgan fingerprint density at radius 2 is 2.20 bits per heavy atom. The largest absolute Gasteiger partial charge is 0.465 e. The molecule has 1 N–H and O–H groups in total. The zero-order valence-corrected chi connectivity index (χ0v) is 15.3. The topological polar surface area (TPSA) is 70.8 Å². The smallest absolute Gasteiger partial charge is 0.264 e. The molecule has 1 aliphatic rings. The van der Waals surface area contributed by atoms with Crippen LogP contribution in [0.5, 0.6) is 0 Å². The van der Waals surface area contributed by atoms with Crippen LogP contribution in [0.4, 0.5) is 5.69 Å². The van der Waals surface area contributed by atoms with Gasteiger partial charge < -0.3 is 14.4 Å². The average Bonchev–Trinajstić information content (AvgIpc) is 3.16. The second-order valence-corrected chi connectivity index (χ2v) is 6.89. The Bertz CT molecular complexity index is 828. The number of rotatable bonds is 6. The van der Waals surface area contributed by atoms with Crippen LogP contribution in [0.3, 0.4) is 0 Å². The van der Waals surface area contributed by atoms with E-state index in [-0.39, 0.29) is 12.2 Å². The maximum Gasteiger partial charge on any atom is 0.264 e. The van der Waals surface area contributed by atoms with Crippen LogP contribution in [0.2, 0.25) is 0 Å². The van der Waals surface area contributed by atoms with Crippen molar-refractivity contribution in [2.24, 2.45) is 0 Å². The van der Waals surface area contributed by atoms with Crippen molar-refractivity contribution < 1.29 is 19.1 Å². The van der Waals surface area contributed by atoms with E-state index < -0.39 is 11.5 Å². The third kappa shape index (κ3) is 3.32. The molecule has 130 valence electrons. The molecule has 1 aromatic carbocycles. The Kier molecular flexibility index (Phi) is 4.92. The van der Waals surface area contributed by atoms with E-state index in [2.05, 4.69) is 15.9 Å². The minimum absolute atomic E-state index is 0.313. The van der Waals surface area contributed by atoms with Gasteiger partial charge in [0.25, 0.3) is 5.91 Å². The highest BCUT2D eigenvalue weighted by Gasteiger charge is 2.50. The first kappa shape index (κ1) is 17.6. The lowest BCUT2D eigenvalue weighted by molar-refractivity contribution is -0.140. The number of furan rings is 1. The van der Waals surface area contributed by atoms with Gasteiger partial charge in [0.2, 0.25) is 0 Å². The molecule has 0 spiro atoms. The highest BCUT2D eigenvalue weighted by atomic mass is 79.9. The number of carbonyl (C=O) groups is 2. The number of halogens is 1. The van der Waals surface area contributed by atoms with Crippen molar-refractivity contribution in [3.05, 3.63) is 58.5 Å². The molecule has 6 heteroatoms. The minimum Gasteiger partial charge on any atom is -0.465 e. The van der Waals surface area contributed by atoms with Gasteiger partial charge in [-0.3, -0.25) is 9.59 Å². The zero-order valence-electron chi connectivity index (χ0n) is 13.7. The predicted molar refractivity (Wildman–Crippen MR) is 98.0 cm³/mol. The summed E-state index contributed by atoms with van der Waals surface area (Å²) in [5.41, 5.74) is -0.737. The molecule has 1 aliphatic heterocycles. The second-order valence-electron chi connectivity index (χ2n) is 5.97. The Balaban J connectivity index is 1.90. The summed E-state index contributed by atoms with van der Waals surface area (Å²) in [7, 11) is 0. The zero-order chi connectivity index (χ0) is 18.0. The third-order valence-corrected chi connectivity index (χ3v) is 4.64. The summed E-state index contributed by atoms with van der Waals surface area (Å²) in [6, 6.07) is 8.74. The maximum absolute atomic E-state index is 12.8. The van der Waals surface area contributed by atoms with Gasteiger partial charge in [-0.1, -0.05) is 22.9 Å². The van der Waals surface area contributed by atoms with Gasteiger partial charge in [0.15, 0.2) is 11.4 Å². The molecule has 25 heavy (non-hydrogen) atoms. The lowest BCUT2D eigenvalue weighted by atomic mass is 9.90. The number of allylic oxidation sites excluding steroid dienone is 1. The number of nitrogens with zero attached hydrogens (tertiary/aromatic N) is 1. The first-order valence-corrected chi connectivity index (χ1v) is 8.84. The van der Waals surface area contributed by atoms with E-state index in [9.17, 15) is 14.7 Å². The van der Waals surface area contributed by atoms with Crippen LogP contribution in [0.25, 0.3) is 6.08 Å². The fourth-order valence-electron chi connectivity index (χ4n) is 3.01. The van der Waals surface area contributed by atoms with Gasteiger partial charge in [-0.2, -0.15) is 0 Å². The van der Waals surface area contributed by atoms with E-state index in [4.69, 9.17) is 4.42 Å². The number of ketones is 1. The Morgan fingerprint density at radius 3 is 2.88 bits per heavy atom. The first-order valence-electron chi connectivity index (χ1n) is 8.04. The molecule has 1 amide bonds. The molecule has 1 unspecified atom stereocenters.